The fourth-order valence-electron chi connectivity index (χ4n) is 3.97. The second-order valence-electron chi connectivity index (χ2n) is 7.10. The van der Waals surface area contributed by atoms with Gasteiger partial charge in [0.05, 0.1) is 0 Å². The standard InChI is InChI=1S/C19H29N3O.ClH/c1-15-13-16(10-11-20-15)19(23)21(2)18-9-6-12-22(14-18)17-7-4-3-5-8-17;/h3-5,7-8,15-16,18,20H,6,9-14H2,1-2H3;1H/t15-,16-,18?;/m0./s1. The molecule has 134 valence electrons. The molecule has 0 aliphatic carbocycles. The number of hydrogen-bond acceptors (Lipinski definition) is 3. The predicted octanol–water partition coefficient (Wildman–Crippen LogP) is 2.92. The van der Waals surface area contributed by atoms with Crippen molar-refractivity contribution in [3.8, 4) is 0 Å². The SMILES string of the molecule is C[C@H]1C[C@@H](C(=O)N(C)C2CCCN(c3ccccc3)C2)CCN1.Cl. The van der Waals surface area contributed by atoms with Gasteiger partial charge in [0.25, 0.3) is 0 Å². The van der Waals surface area contributed by atoms with E-state index >= 15 is 0 Å². The summed E-state index contributed by atoms with van der Waals surface area (Å²) >= 11 is 0. The summed E-state index contributed by atoms with van der Waals surface area (Å²) in [5.74, 6) is 0.543. The molecule has 1 N–H and O–H groups in total. The lowest BCUT2D eigenvalue weighted by molar-refractivity contribution is -0.137. The Morgan fingerprint density at radius 3 is 2.71 bits per heavy atom. The maximum Gasteiger partial charge on any atom is 0.225 e. The van der Waals surface area contributed by atoms with Crippen LogP contribution in [0.1, 0.15) is 32.6 Å². The third kappa shape index (κ3) is 4.42. The highest BCUT2D eigenvalue weighted by molar-refractivity contribution is 5.85. The maximum atomic E-state index is 12.9. The van der Waals surface area contributed by atoms with Crippen LogP contribution >= 0.6 is 12.4 Å². The van der Waals surface area contributed by atoms with Gasteiger partial charge in [-0.1, -0.05) is 18.2 Å². The fraction of sp³-hybridized carbons (Fsp3) is 0.632. The van der Waals surface area contributed by atoms with E-state index in [-0.39, 0.29) is 18.3 Å². The monoisotopic (exact) mass is 351 g/mol. The molecule has 1 aromatic carbocycles. The van der Waals surface area contributed by atoms with E-state index in [0.717, 1.165) is 45.3 Å². The number of rotatable bonds is 3. The molecule has 0 aromatic heterocycles. The van der Waals surface area contributed by atoms with E-state index in [9.17, 15) is 4.79 Å². The number of halogens is 1. The molecule has 0 spiro atoms. The van der Waals surface area contributed by atoms with E-state index < -0.39 is 0 Å². The number of benzene rings is 1. The maximum absolute atomic E-state index is 12.9. The molecule has 1 aromatic rings. The molecule has 4 nitrogen and oxygen atoms in total. The van der Waals surface area contributed by atoms with Crippen molar-refractivity contribution in [1.29, 1.82) is 0 Å². The van der Waals surface area contributed by atoms with Crippen molar-refractivity contribution >= 4 is 24.0 Å². The zero-order valence-corrected chi connectivity index (χ0v) is 15.6. The molecule has 0 bridgehead atoms. The normalized spacial score (nSPS) is 27.2. The first kappa shape index (κ1) is 19.1. The molecule has 3 atom stereocenters. The molecule has 2 heterocycles. The highest BCUT2D eigenvalue weighted by Gasteiger charge is 2.32. The molecule has 1 unspecified atom stereocenters. The van der Waals surface area contributed by atoms with Gasteiger partial charge in [-0.15, -0.1) is 12.4 Å². The zero-order chi connectivity index (χ0) is 16.2. The van der Waals surface area contributed by atoms with Crippen molar-refractivity contribution in [1.82, 2.24) is 10.2 Å². The Labute approximate surface area is 152 Å². The lowest BCUT2D eigenvalue weighted by Gasteiger charge is -2.40. The van der Waals surface area contributed by atoms with Gasteiger partial charge in [-0.3, -0.25) is 4.79 Å². The van der Waals surface area contributed by atoms with Gasteiger partial charge in [0.2, 0.25) is 5.91 Å². The van der Waals surface area contributed by atoms with Crippen molar-refractivity contribution < 1.29 is 4.79 Å². The Bertz CT molecular complexity index is 525. The van der Waals surface area contributed by atoms with E-state index in [4.69, 9.17) is 0 Å². The van der Waals surface area contributed by atoms with Gasteiger partial charge in [0.15, 0.2) is 0 Å². The molecule has 0 radical (unpaired) electrons. The number of nitrogens with zero attached hydrogens (tertiary/aromatic N) is 2. The molecule has 1 amide bonds. The molecule has 0 saturated carbocycles. The topological polar surface area (TPSA) is 35.6 Å². The minimum atomic E-state index is 0. The lowest BCUT2D eigenvalue weighted by Crippen LogP contribution is -2.51. The van der Waals surface area contributed by atoms with Crippen molar-refractivity contribution in [3.05, 3.63) is 30.3 Å². The van der Waals surface area contributed by atoms with Crippen molar-refractivity contribution in [2.75, 3.05) is 31.6 Å². The van der Waals surface area contributed by atoms with Gasteiger partial charge >= 0.3 is 0 Å². The van der Waals surface area contributed by atoms with Gasteiger partial charge in [0, 0.05) is 43.8 Å². The summed E-state index contributed by atoms with van der Waals surface area (Å²) in [6.07, 6.45) is 4.22. The second kappa shape index (κ2) is 8.72. The molecule has 2 saturated heterocycles. The number of amides is 1. The van der Waals surface area contributed by atoms with E-state index in [1.165, 1.54) is 5.69 Å². The first-order chi connectivity index (χ1) is 11.1. The van der Waals surface area contributed by atoms with Gasteiger partial charge < -0.3 is 15.1 Å². The summed E-state index contributed by atoms with van der Waals surface area (Å²) in [5.41, 5.74) is 1.27. The van der Waals surface area contributed by atoms with E-state index in [0.29, 0.717) is 18.0 Å². The van der Waals surface area contributed by atoms with Crippen LogP contribution in [0.3, 0.4) is 0 Å². The average molecular weight is 352 g/mol. The van der Waals surface area contributed by atoms with Crippen LogP contribution in [0.25, 0.3) is 0 Å². The Kier molecular flexibility index (Phi) is 6.93. The Balaban J connectivity index is 0.00000208. The number of anilines is 1. The number of piperidine rings is 2. The van der Waals surface area contributed by atoms with Crippen LogP contribution in [0.5, 0.6) is 0 Å². The van der Waals surface area contributed by atoms with Gasteiger partial charge in [-0.05, 0) is 51.3 Å². The Morgan fingerprint density at radius 1 is 1.25 bits per heavy atom. The van der Waals surface area contributed by atoms with Crippen molar-refractivity contribution in [2.45, 2.75) is 44.7 Å². The molecular formula is C19H30ClN3O. The molecule has 2 aliphatic heterocycles. The van der Waals surface area contributed by atoms with Crippen LogP contribution in [0, 0.1) is 5.92 Å². The Morgan fingerprint density at radius 2 is 2.00 bits per heavy atom. The summed E-state index contributed by atoms with van der Waals surface area (Å²) in [6, 6.07) is 11.4. The molecule has 5 heteroatoms. The van der Waals surface area contributed by atoms with Gasteiger partial charge in [-0.2, -0.15) is 0 Å². The number of carbonyl (C=O) groups excluding carboxylic acids is 1. The van der Waals surface area contributed by atoms with E-state index in [1.807, 2.05) is 11.9 Å². The number of likely N-dealkylation sites (N-methyl/N-ethyl adjacent to an activating group) is 1. The highest BCUT2D eigenvalue weighted by atomic mass is 35.5. The molecular weight excluding hydrogens is 322 g/mol. The van der Waals surface area contributed by atoms with Crippen LogP contribution < -0.4 is 10.2 Å². The fourth-order valence-corrected chi connectivity index (χ4v) is 3.97. The minimum absolute atomic E-state index is 0. The largest absolute Gasteiger partial charge is 0.369 e. The Hall–Kier alpha value is -1.26. The molecule has 2 fully saturated rings. The van der Waals surface area contributed by atoms with Crippen LogP contribution in [0.15, 0.2) is 30.3 Å². The number of nitrogens with one attached hydrogen (secondary N) is 1. The van der Waals surface area contributed by atoms with Crippen molar-refractivity contribution in [2.24, 2.45) is 5.92 Å². The first-order valence-electron chi connectivity index (χ1n) is 8.95. The summed E-state index contributed by atoms with van der Waals surface area (Å²) in [4.78, 5) is 17.3. The van der Waals surface area contributed by atoms with E-state index in [2.05, 4.69) is 47.5 Å². The quantitative estimate of drug-likeness (QED) is 0.909. The van der Waals surface area contributed by atoms with Crippen LogP contribution in [0.2, 0.25) is 0 Å². The molecule has 24 heavy (non-hydrogen) atoms. The lowest BCUT2D eigenvalue weighted by atomic mass is 9.91. The van der Waals surface area contributed by atoms with Gasteiger partial charge in [-0.25, -0.2) is 0 Å². The molecule has 2 aliphatic rings. The summed E-state index contributed by atoms with van der Waals surface area (Å²) in [5, 5.41) is 3.43. The predicted molar refractivity (Wildman–Crippen MR) is 102 cm³/mol. The van der Waals surface area contributed by atoms with E-state index in [1.54, 1.807) is 0 Å². The van der Waals surface area contributed by atoms with Crippen LogP contribution in [-0.4, -0.2) is 49.6 Å². The third-order valence-corrected chi connectivity index (χ3v) is 5.39. The summed E-state index contributed by atoms with van der Waals surface area (Å²) in [7, 11) is 2.01. The van der Waals surface area contributed by atoms with Crippen LogP contribution in [0.4, 0.5) is 5.69 Å². The summed E-state index contributed by atoms with van der Waals surface area (Å²) in [6.45, 7) is 5.18. The number of para-hydroxylation sites is 1. The van der Waals surface area contributed by atoms with Crippen LogP contribution in [-0.2, 0) is 4.79 Å². The zero-order valence-electron chi connectivity index (χ0n) is 14.8. The number of hydrogen-bond donors (Lipinski definition) is 1. The minimum Gasteiger partial charge on any atom is -0.369 e. The van der Waals surface area contributed by atoms with Gasteiger partial charge in [0.1, 0.15) is 0 Å². The summed E-state index contributed by atoms with van der Waals surface area (Å²) < 4.78 is 0. The number of carbonyl (C=O) groups is 1. The van der Waals surface area contributed by atoms with Crippen molar-refractivity contribution in [3.63, 3.8) is 0 Å². The third-order valence-electron chi connectivity index (χ3n) is 5.39. The smallest absolute Gasteiger partial charge is 0.225 e. The average Bonchev–Trinajstić information content (AvgIpc) is 2.61. The highest BCUT2D eigenvalue weighted by Crippen LogP contribution is 2.25. The molecule has 3 rings (SSSR count). The second-order valence-corrected chi connectivity index (χ2v) is 7.10. The first-order valence-corrected chi connectivity index (χ1v) is 8.95.